The molecule has 5 heteroatoms. The van der Waals surface area contributed by atoms with Gasteiger partial charge in [-0.15, -0.1) is 0 Å². The largest absolute Gasteiger partial charge is 0.506 e. The number of hydrogen-bond acceptors (Lipinski definition) is 3. The predicted octanol–water partition coefficient (Wildman–Crippen LogP) is 0.207. The van der Waals surface area contributed by atoms with Crippen molar-refractivity contribution in [3.05, 3.63) is 28.3 Å². The van der Waals surface area contributed by atoms with Crippen LogP contribution < -0.4 is 11.5 Å². The maximum Gasteiger partial charge on any atom is 0.252 e. The Hall–Kier alpha value is -2.04. The highest BCUT2D eigenvalue weighted by atomic mass is 16.3. The second kappa shape index (κ2) is 3.61. The van der Waals surface area contributed by atoms with E-state index in [1.54, 1.807) is 19.9 Å². The van der Waals surface area contributed by atoms with E-state index in [4.69, 9.17) is 11.5 Å². The molecule has 0 aliphatic heterocycles. The average Bonchev–Trinajstić information content (AvgIpc) is 1.99. The first-order valence-corrected chi connectivity index (χ1v) is 4.29. The molecule has 1 aromatic carbocycles. The fourth-order valence-electron chi connectivity index (χ4n) is 1.59. The summed E-state index contributed by atoms with van der Waals surface area (Å²) in [6, 6.07) is 1.58. The number of phenols is 1. The summed E-state index contributed by atoms with van der Waals surface area (Å²) in [5.74, 6) is -2.01. The van der Waals surface area contributed by atoms with Gasteiger partial charge in [0.1, 0.15) is 5.75 Å². The van der Waals surface area contributed by atoms with Crippen LogP contribution in [-0.2, 0) is 0 Å². The molecule has 2 amide bonds. The van der Waals surface area contributed by atoms with Gasteiger partial charge in [0.05, 0.1) is 11.1 Å². The number of carbonyl (C=O) groups is 2. The number of benzene rings is 1. The Morgan fingerprint density at radius 1 is 1.07 bits per heavy atom. The van der Waals surface area contributed by atoms with Crippen molar-refractivity contribution < 1.29 is 14.7 Å². The number of rotatable bonds is 2. The van der Waals surface area contributed by atoms with Gasteiger partial charge < -0.3 is 16.6 Å². The van der Waals surface area contributed by atoms with Crippen LogP contribution in [0.2, 0.25) is 0 Å². The second-order valence-corrected chi connectivity index (χ2v) is 3.34. The van der Waals surface area contributed by atoms with Crippen LogP contribution in [0.25, 0.3) is 0 Å². The van der Waals surface area contributed by atoms with Gasteiger partial charge in [0.25, 0.3) is 11.8 Å². The number of amides is 2. The van der Waals surface area contributed by atoms with Gasteiger partial charge in [-0.05, 0) is 25.0 Å². The molecule has 0 atom stereocenters. The molecule has 1 aromatic rings. The van der Waals surface area contributed by atoms with Gasteiger partial charge in [0, 0.05) is 0 Å². The number of primary amides is 2. The summed E-state index contributed by atoms with van der Waals surface area (Å²) in [5, 5.41) is 9.69. The Morgan fingerprint density at radius 2 is 1.40 bits per heavy atom. The van der Waals surface area contributed by atoms with Crippen molar-refractivity contribution in [3.63, 3.8) is 0 Å². The number of aromatic hydroxyl groups is 1. The van der Waals surface area contributed by atoms with Crippen molar-refractivity contribution in [3.8, 4) is 5.75 Å². The van der Waals surface area contributed by atoms with Crippen LogP contribution in [0.3, 0.4) is 0 Å². The lowest BCUT2D eigenvalue weighted by atomic mass is 9.97. The van der Waals surface area contributed by atoms with Crippen LogP contribution >= 0.6 is 0 Å². The fraction of sp³-hybridized carbons (Fsp3) is 0.200. The minimum atomic E-state index is -0.785. The van der Waals surface area contributed by atoms with Crippen molar-refractivity contribution in [1.82, 2.24) is 0 Å². The Balaban J connectivity index is 3.64. The third-order valence-corrected chi connectivity index (χ3v) is 2.19. The van der Waals surface area contributed by atoms with Gasteiger partial charge in [-0.25, -0.2) is 0 Å². The maximum absolute atomic E-state index is 11.0. The Kier molecular flexibility index (Phi) is 2.65. The summed E-state index contributed by atoms with van der Waals surface area (Å²) in [6.07, 6.45) is 0. The molecule has 80 valence electrons. The zero-order valence-corrected chi connectivity index (χ0v) is 8.50. The molecule has 0 unspecified atom stereocenters. The molecule has 0 spiro atoms. The number of hydrogen-bond donors (Lipinski definition) is 3. The molecular formula is C10H12N2O3. The maximum atomic E-state index is 11.0. The highest BCUT2D eigenvalue weighted by Crippen LogP contribution is 2.28. The number of nitrogens with two attached hydrogens (primary N) is 2. The zero-order valence-electron chi connectivity index (χ0n) is 8.50. The molecule has 0 saturated heterocycles. The van der Waals surface area contributed by atoms with E-state index in [2.05, 4.69) is 0 Å². The molecule has 0 radical (unpaired) electrons. The second-order valence-electron chi connectivity index (χ2n) is 3.34. The van der Waals surface area contributed by atoms with E-state index >= 15 is 0 Å². The molecule has 15 heavy (non-hydrogen) atoms. The van der Waals surface area contributed by atoms with Gasteiger partial charge in [0.15, 0.2) is 0 Å². The molecule has 0 aromatic heterocycles. The normalized spacial score (nSPS) is 10.0. The van der Waals surface area contributed by atoms with E-state index in [0.717, 1.165) is 0 Å². The lowest BCUT2D eigenvalue weighted by molar-refractivity contribution is 0.0996. The van der Waals surface area contributed by atoms with Crippen LogP contribution in [0.5, 0.6) is 5.75 Å². The van der Waals surface area contributed by atoms with Crippen LogP contribution in [0.1, 0.15) is 31.8 Å². The van der Waals surface area contributed by atoms with Gasteiger partial charge in [0.2, 0.25) is 0 Å². The fourth-order valence-corrected chi connectivity index (χ4v) is 1.59. The minimum absolute atomic E-state index is 0.0607. The van der Waals surface area contributed by atoms with Gasteiger partial charge in [-0.2, -0.15) is 0 Å². The highest BCUT2D eigenvalue weighted by Gasteiger charge is 2.20. The first kappa shape index (κ1) is 11.0. The topological polar surface area (TPSA) is 106 Å². The van der Waals surface area contributed by atoms with E-state index in [0.29, 0.717) is 11.1 Å². The number of carbonyl (C=O) groups excluding carboxylic acids is 2. The van der Waals surface area contributed by atoms with E-state index in [1.807, 2.05) is 0 Å². The molecule has 0 aliphatic carbocycles. The lowest BCUT2D eigenvalue weighted by Gasteiger charge is -2.11. The smallest absolute Gasteiger partial charge is 0.252 e. The van der Waals surface area contributed by atoms with Crippen LogP contribution in [0.15, 0.2) is 6.07 Å². The van der Waals surface area contributed by atoms with Crippen LogP contribution in [-0.4, -0.2) is 16.9 Å². The van der Waals surface area contributed by atoms with E-state index in [9.17, 15) is 14.7 Å². The number of aryl methyl sites for hydroxylation is 2. The third-order valence-electron chi connectivity index (χ3n) is 2.19. The zero-order chi connectivity index (χ0) is 11.7. The summed E-state index contributed by atoms with van der Waals surface area (Å²) in [7, 11) is 0. The van der Waals surface area contributed by atoms with E-state index in [-0.39, 0.29) is 11.1 Å². The Morgan fingerprint density at radius 3 is 1.67 bits per heavy atom. The van der Waals surface area contributed by atoms with Crippen molar-refractivity contribution >= 4 is 11.8 Å². The summed E-state index contributed by atoms with van der Waals surface area (Å²) in [6.45, 7) is 3.25. The molecule has 0 saturated carbocycles. The van der Waals surface area contributed by atoms with Crippen molar-refractivity contribution in [2.45, 2.75) is 13.8 Å². The molecule has 0 heterocycles. The minimum Gasteiger partial charge on any atom is -0.506 e. The molecule has 5 N–H and O–H groups in total. The van der Waals surface area contributed by atoms with Gasteiger partial charge in [-0.3, -0.25) is 9.59 Å². The quantitative estimate of drug-likeness (QED) is 0.646. The Labute approximate surface area is 86.7 Å². The first-order chi connectivity index (χ1) is 6.86. The molecule has 0 bridgehead atoms. The average molecular weight is 208 g/mol. The summed E-state index contributed by atoms with van der Waals surface area (Å²) in [5.41, 5.74) is 11.1. The van der Waals surface area contributed by atoms with E-state index < -0.39 is 17.6 Å². The van der Waals surface area contributed by atoms with Gasteiger partial charge >= 0.3 is 0 Å². The SMILES string of the molecule is Cc1cc(C)c(C(N)=O)c(O)c1C(N)=O. The van der Waals surface area contributed by atoms with Crippen molar-refractivity contribution in [1.29, 1.82) is 0 Å². The summed E-state index contributed by atoms with van der Waals surface area (Å²) < 4.78 is 0. The van der Waals surface area contributed by atoms with Gasteiger partial charge in [-0.1, -0.05) is 6.07 Å². The van der Waals surface area contributed by atoms with Crippen LogP contribution in [0.4, 0.5) is 0 Å². The van der Waals surface area contributed by atoms with Crippen molar-refractivity contribution in [2.24, 2.45) is 11.5 Å². The standard InChI is InChI=1S/C10H12N2O3/c1-4-3-5(2)7(10(12)15)8(13)6(4)9(11)14/h3,13H,1-2H3,(H2,11,14)(H2,12,15). The molecular weight excluding hydrogens is 196 g/mol. The monoisotopic (exact) mass is 208 g/mol. The predicted molar refractivity (Wildman–Crippen MR) is 54.6 cm³/mol. The molecule has 5 nitrogen and oxygen atoms in total. The Bertz CT molecular complexity index is 414. The molecule has 1 rings (SSSR count). The summed E-state index contributed by atoms with van der Waals surface area (Å²) in [4.78, 5) is 22.1. The lowest BCUT2D eigenvalue weighted by Crippen LogP contribution is -2.18. The summed E-state index contributed by atoms with van der Waals surface area (Å²) >= 11 is 0. The first-order valence-electron chi connectivity index (χ1n) is 4.29. The molecule has 0 aliphatic rings. The third kappa shape index (κ3) is 1.76. The van der Waals surface area contributed by atoms with Crippen molar-refractivity contribution in [2.75, 3.05) is 0 Å². The van der Waals surface area contributed by atoms with E-state index in [1.165, 1.54) is 0 Å². The van der Waals surface area contributed by atoms with Crippen LogP contribution in [0, 0.1) is 13.8 Å². The molecule has 0 fully saturated rings. The highest BCUT2D eigenvalue weighted by molar-refractivity contribution is 6.04.